The van der Waals surface area contributed by atoms with E-state index in [1.54, 1.807) is 38.1 Å². The van der Waals surface area contributed by atoms with Gasteiger partial charge in [-0.3, -0.25) is 4.79 Å². The van der Waals surface area contributed by atoms with Gasteiger partial charge in [-0.25, -0.2) is 8.42 Å². The van der Waals surface area contributed by atoms with E-state index in [1.165, 1.54) is 0 Å². The summed E-state index contributed by atoms with van der Waals surface area (Å²) in [7, 11) is -3.21. The topological polar surface area (TPSA) is 80.7 Å². The van der Waals surface area contributed by atoms with Crippen LogP contribution in [0.4, 0.5) is 0 Å². The predicted molar refractivity (Wildman–Crippen MR) is 83.3 cm³/mol. The van der Waals surface area contributed by atoms with E-state index in [0.717, 1.165) is 5.56 Å². The Kier molecular flexibility index (Phi) is 5.24. The van der Waals surface area contributed by atoms with E-state index < -0.39 is 21.2 Å². The van der Waals surface area contributed by atoms with E-state index in [4.69, 9.17) is 4.74 Å². The van der Waals surface area contributed by atoms with Crippen LogP contribution in [-0.4, -0.2) is 37.1 Å². The van der Waals surface area contributed by atoms with Gasteiger partial charge in [-0.15, -0.1) is 0 Å². The molecule has 1 aromatic rings. The number of benzene rings is 1. The van der Waals surface area contributed by atoms with Gasteiger partial charge < -0.3 is 9.84 Å². The number of carbonyl (C=O) groups is 1. The molecule has 122 valence electrons. The van der Waals surface area contributed by atoms with Gasteiger partial charge in [0.05, 0.1) is 29.6 Å². The highest BCUT2D eigenvalue weighted by atomic mass is 32.2. The van der Waals surface area contributed by atoms with Crippen molar-refractivity contribution < 1.29 is 23.1 Å². The molecule has 1 aliphatic heterocycles. The summed E-state index contributed by atoms with van der Waals surface area (Å²) >= 11 is 0. The average Bonchev–Trinajstić information content (AvgIpc) is 2.85. The van der Waals surface area contributed by atoms with Gasteiger partial charge in [0.15, 0.2) is 9.84 Å². The van der Waals surface area contributed by atoms with Crippen molar-refractivity contribution in [3.63, 3.8) is 0 Å². The van der Waals surface area contributed by atoms with Crippen LogP contribution >= 0.6 is 0 Å². The number of hydrogen-bond acceptors (Lipinski definition) is 5. The number of carbonyl (C=O) groups excluding carboxylic acids is 1. The second-order valence-electron chi connectivity index (χ2n) is 5.63. The van der Waals surface area contributed by atoms with Crippen LogP contribution in [-0.2, 0) is 19.4 Å². The fraction of sp³-hybridized carbons (Fsp3) is 0.562. The lowest BCUT2D eigenvalue weighted by atomic mass is 9.97. The molecule has 0 aromatic heterocycles. The quantitative estimate of drug-likeness (QED) is 0.837. The van der Waals surface area contributed by atoms with Crippen molar-refractivity contribution in [2.75, 3.05) is 12.4 Å². The Labute approximate surface area is 131 Å². The minimum atomic E-state index is -3.21. The fourth-order valence-corrected chi connectivity index (χ4v) is 4.72. The van der Waals surface area contributed by atoms with Gasteiger partial charge in [0.1, 0.15) is 0 Å². The van der Waals surface area contributed by atoms with Crippen LogP contribution in [0.2, 0.25) is 0 Å². The Hall–Kier alpha value is -1.40. The van der Waals surface area contributed by atoms with Crippen LogP contribution in [0.5, 0.6) is 0 Å². The highest BCUT2D eigenvalue weighted by molar-refractivity contribution is 7.92. The molecule has 1 fully saturated rings. The average molecular weight is 326 g/mol. The Balaban J connectivity index is 2.13. The molecular formula is C16H22O5S. The summed E-state index contributed by atoms with van der Waals surface area (Å²) in [5.74, 6) is -0.539. The molecule has 0 aliphatic carbocycles. The number of sulfone groups is 1. The molecule has 0 spiro atoms. The third-order valence-corrected chi connectivity index (χ3v) is 6.42. The first-order valence-corrected chi connectivity index (χ1v) is 9.24. The van der Waals surface area contributed by atoms with Gasteiger partial charge in [-0.2, -0.15) is 0 Å². The van der Waals surface area contributed by atoms with E-state index in [-0.39, 0.29) is 17.6 Å². The SMILES string of the molecule is CCOC(=O)C(C)c1ccc(C(O)C2CCCS2(=O)=O)cc1. The van der Waals surface area contributed by atoms with Gasteiger partial charge >= 0.3 is 5.97 Å². The van der Waals surface area contributed by atoms with E-state index >= 15 is 0 Å². The van der Waals surface area contributed by atoms with Crippen molar-refractivity contribution in [3.8, 4) is 0 Å². The normalized spacial score (nSPS) is 23.0. The third-order valence-electron chi connectivity index (χ3n) is 4.15. The molecule has 1 aliphatic rings. The molecule has 5 nitrogen and oxygen atoms in total. The maximum absolute atomic E-state index is 11.9. The zero-order chi connectivity index (χ0) is 16.3. The molecule has 6 heteroatoms. The molecular weight excluding hydrogens is 304 g/mol. The molecule has 2 rings (SSSR count). The molecule has 22 heavy (non-hydrogen) atoms. The number of rotatable bonds is 5. The second kappa shape index (κ2) is 6.79. The lowest BCUT2D eigenvalue weighted by Gasteiger charge is -2.18. The van der Waals surface area contributed by atoms with E-state index in [1.807, 2.05) is 0 Å². The summed E-state index contributed by atoms with van der Waals surface area (Å²) in [6.07, 6.45) is 0.0754. The highest BCUT2D eigenvalue weighted by Crippen LogP contribution is 2.32. The molecule has 1 aromatic carbocycles. The van der Waals surface area contributed by atoms with Crippen LogP contribution in [0.3, 0.4) is 0 Å². The largest absolute Gasteiger partial charge is 0.466 e. The summed E-state index contributed by atoms with van der Waals surface area (Å²) in [4.78, 5) is 11.7. The molecule has 0 radical (unpaired) electrons. The Morgan fingerprint density at radius 2 is 1.91 bits per heavy atom. The Morgan fingerprint density at radius 1 is 1.32 bits per heavy atom. The van der Waals surface area contributed by atoms with Gasteiger partial charge in [0, 0.05) is 0 Å². The Bertz CT molecular complexity index is 620. The van der Waals surface area contributed by atoms with Gasteiger partial charge in [-0.05, 0) is 37.8 Å². The molecule has 1 saturated heterocycles. The molecule has 0 amide bonds. The lowest BCUT2D eigenvalue weighted by Crippen LogP contribution is -2.24. The van der Waals surface area contributed by atoms with Crippen molar-refractivity contribution in [2.24, 2.45) is 0 Å². The van der Waals surface area contributed by atoms with Crippen molar-refractivity contribution in [1.82, 2.24) is 0 Å². The number of aliphatic hydroxyl groups is 1. The lowest BCUT2D eigenvalue weighted by molar-refractivity contribution is -0.144. The van der Waals surface area contributed by atoms with Crippen molar-refractivity contribution in [3.05, 3.63) is 35.4 Å². The maximum atomic E-state index is 11.9. The number of hydrogen-bond donors (Lipinski definition) is 1. The highest BCUT2D eigenvalue weighted by Gasteiger charge is 2.37. The van der Waals surface area contributed by atoms with E-state index in [0.29, 0.717) is 25.0 Å². The molecule has 3 atom stereocenters. The zero-order valence-corrected chi connectivity index (χ0v) is 13.7. The standard InChI is InChI=1S/C16H22O5S/c1-3-21-16(18)11(2)12-6-8-13(9-7-12)15(17)14-5-4-10-22(14,19)20/h6-9,11,14-15,17H,3-5,10H2,1-2H3. The fourth-order valence-electron chi connectivity index (χ4n) is 2.77. The molecule has 3 unspecified atom stereocenters. The first-order valence-electron chi connectivity index (χ1n) is 7.53. The number of aliphatic hydroxyl groups excluding tert-OH is 1. The van der Waals surface area contributed by atoms with Crippen LogP contribution in [0.25, 0.3) is 0 Å². The van der Waals surface area contributed by atoms with Crippen molar-refractivity contribution in [1.29, 1.82) is 0 Å². The number of esters is 1. The minimum absolute atomic E-state index is 0.146. The summed E-state index contributed by atoms with van der Waals surface area (Å²) < 4.78 is 28.8. The van der Waals surface area contributed by atoms with E-state index in [9.17, 15) is 18.3 Å². The molecule has 1 N–H and O–H groups in total. The summed E-state index contributed by atoms with van der Waals surface area (Å²) in [5.41, 5.74) is 1.35. The van der Waals surface area contributed by atoms with Crippen LogP contribution in [0.1, 0.15) is 49.8 Å². The van der Waals surface area contributed by atoms with Crippen LogP contribution in [0, 0.1) is 0 Å². The second-order valence-corrected chi connectivity index (χ2v) is 7.97. The van der Waals surface area contributed by atoms with E-state index in [2.05, 4.69) is 0 Å². The zero-order valence-electron chi connectivity index (χ0n) is 12.9. The van der Waals surface area contributed by atoms with Crippen molar-refractivity contribution in [2.45, 2.75) is 44.0 Å². The first-order chi connectivity index (χ1) is 10.4. The predicted octanol–water partition coefficient (Wildman–Crippen LogP) is 1.96. The smallest absolute Gasteiger partial charge is 0.313 e. The molecule has 0 saturated carbocycles. The van der Waals surface area contributed by atoms with Gasteiger partial charge in [0.2, 0.25) is 0 Å². The van der Waals surface area contributed by atoms with Crippen molar-refractivity contribution >= 4 is 15.8 Å². The monoisotopic (exact) mass is 326 g/mol. The minimum Gasteiger partial charge on any atom is -0.466 e. The molecule has 1 heterocycles. The summed E-state index contributed by atoms with van der Waals surface area (Å²) in [5, 5.41) is 9.59. The van der Waals surface area contributed by atoms with Gasteiger partial charge in [-0.1, -0.05) is 24.3 Å². The first kappa shape index (κ1) is 17.0. The molecule has 0 bridgehead atoms. The van der Waals surface area contributed by atoms with Crippen LogP contribution in [0.15, 0.2) is 24.3 Å². The van der Waals surface area contributed by atoms with Crippen LogP contribution < -0.4 is 0 Å². The maximum Gasteiger partial charge on any atom is 0.313 e. The number of ether oxygens (including phenoxy) is 1. The summed E-state index contributed by atoms with van der Waals surface area (Å²) in [6, 6.07) is 6.84. The van der Waals surface area contributed by atoms with Gasteiger partial charge in [0.25, 0.3) is 0 Å². The Morgan fingerprint density at radius 3 is 2.41 bits per heavy atom. The third kappa shape index (κ3) is 3.50. The summed E-state index contributed by atoms with van der Waals surface area (Å²) in [6.45, 7) is 3.84.